The van der Waals surface area contributed by atoms with Gasteiger partial charge in [0.1, 0.15) is 10.8 Å². The quantitative estimate of drug-likeness (QED) is 0.786. The molecule has 1 aliphatic carbocycles. The molecular formula is C17H18N2OS. The molecule has 0 N–H and O–H groups in total. The molecule has 0 radical (unpaired) electrons. The largest absolute Gasteiger partial charge is 0.494 e. The summed E-state index contributed by atoms with van der Waals surface area (Å²) >= 11 is 1.65. The third-order valence-corrected chi connectivity index (χ3v) is 4.63. The van der Waals surface area contributed by atoms with Crippen molar-refractivity contribution in [1.29, 1.82) is 5.26 Å². The average Bonchev–Trinajstić information content (AvgIpc) is 3.27. The molecule has 1 aromatic heterocycles. The number of aromatic nitrogens is 1. The lowest BCUT2D eigenvalue weighted by Crippen LogP contribution is -1.94. The Labute approximate surface area is 129 Å². The van der Waals surface area contributed by atoms with Crippen molar-refractivity contribution in [2.75, 3.05) is 6.61 Å². The summed E-state index contributed by atoms with van der Waals surface area (Å²) in [5.41, 5.74) is 2.26. The summed E-state index contributed by atoms with van der Waals surface area (Å²) in [6.45, 7) is 2.84. The topological polar surface area (TPSA) is 45.9 Å². The van der Waals surface area contributed by atoms with Crippen LogP contribution in [-0.4, -0.2) is 11.6 Å². The van der Waals surface area contributed by atoms with Crippen molar-refractivity contribution in [3.05, 3.63) is 34.8 Å². The van der Waals surface area contributed by atoms with Crippen LogP contribution in [0.25, 0.3) is 10.6 Å². The van der Waals surface area contributed by atoms with Crippen molar-refractivity contribution >= 4 is 11.3 Å². The van der Waals surface area contributed by atoms with E-state index in [1.807, 2.05) is 12.1 Å². The number of nitriles is 1. The molecule has 0 saturated heterocycles. The highest BCUT2D eigenvalue weighted by Gasteiger charge is 2.29. The first-order valence-electron chi connectivity index (χ1n) is 7.41. The number of ether oxygens (including phenoxy) is 1. The summed E-state index contributed by atoms with van der Waals surface area (Å²) in [5.74, 6) is 1.49. The fourth-order valence-corrected chi connectivity index (χ4v) is 3.36. The minimum Gasteiger partial charge on any atom is -0.494 e. The number of nitrogens with zero attached hydrogens (tertiary/aromatic N) is 2. The van der Waals surface area contributed by atoms with Crippen molar-refractivity contribution in [2.24, 2.45) is 0 Å². The molecular weight excluding hydrogens is 280 g/mol. The molecule has 108 valence electrons. The van der Waals surface area contributed by atoms with Crippen molar-refractivity contribution in [2.45, 2.75) is 38.5 Å². The van der Waals surface area contributed by atoms with Crippen LogP contribution in [0.3, 0.4) is 0 Å². The van der Waals surface area contributed by atoms with E-state index in [4.69, 9.17) is 15.0 Å². The molecule has 1 fully saturated rings. The predicted molar refractivity (Wildman–Crippen MR) is 84.6 cm³/mol. The fraction of sp³-hybridized carbons (Fsp3) is 0.412. The van der Waals surface area contributed by atoms with Gasteiger partial charge in [-0.25, -0.2) is 4.98 Å². The standard InChI is InChI=1S/C17H18N2OS/c1-2-11-20-14-7-5-13(6-8-14)17-19-16(12-3-4-12)15(21-17)9-10-18/h5-8,12H,2-4,9,11H2,1H3. The zero-order chi connectivity index (χ0) is 14.7. The lowest BCUT2D eigenvalue weighted by molar-refractivity contribution is 0.317. The van der Waals surface area contributed by atoms with Crippen LogP contribution >= 0.6 is 11.3 Å². The minimum absolute atomic E-state index is 0.473. The number of benzene rings is 1. The molecule has 21 heavy (non-hydrogen) atoms. The third kappa shape index (κ3) is 3.25. The van der Waals surface area contributed by atoms with E-state index in [1.54, 1.807) is 11.3 Å². The van der Waals surface area contributed by atoms with Gasteiger partial charge in [0.15, 0.2) is 0 Å². The van der Waals surface area contributed by atoms with Gasteiger partial charge in [0, 0.05) is 16.4 Å². The summed E-state index contributed by atoms with van der Waals surface area (Å²) < 4.78 is 5.60. The maximum atomic E-state index is 8.96. The Bertz CT molecular complexity index is 650. The van der Waals surface area contributed by atoms with Gasteiger partial charge in [-0.15, -0.1) is 11.3 Å². The van der Waals surface area contributed by atoms with Crippen molar-refractivity contribution in [1.82, 2.24) is 4.98 Å². The number of rotatable bonds is 6. The fourth-order valence-electron chi connectivity index (χ4n) is 2.27. The molecule has 1 saturated carbocycles. The average molecular weight is 298 g/mol. The summed E-state index contributed by atoms with van der Waals surface area (Å²) in [5, 5.41) is 9.98. The van der Waals surface area contributed by atoms with Crippen molar-refractivity contribution in [3.63, 3.8) is 0 Å². The van der Waals surface area contributed by atoms with E-state index >= 15 is 0 Å². The zero-order valence-electron chi connectivity index (χ0n) is 12.1. The summed E-state index contributed by atoms with van der Waals surface area (Å²) in [7, 11) is 0. The van der Waals surface area contributed by atoms with Crippen LogP contribution in [0.5, 0.6) is 5.75 Å². The molecule has 1 aliphatic rings. The van der Waals surface area contributed by atoms with Crippen molar-refractivity contribution in [3.8, 4) is 22.4 Å². The molecule has 0 unspecified atom stereocenters. The molecule has 0 spiro atoms. The zero-order valence-corrected chi connectivity index (χ0v) is 12.9. The van der Waals surface area contributed by atoms with Crippen LogP contribution in [0.2, 0.25) is 0 Å². The molecule has 0 atom stereocenters. The predicted octanol–water partition coefficient (Wildman–Crippen LogP) is 4.54. The van der Waals surface area contributed by atoms with E-state index in [2.05, 4.69) is 25.1 Å². The van der Waals surface area contributed by atoms with E-state index < -0.39 is 0 Å². The Morgan fingerprint density at radius 2 is 2.10 bits per heavy atom. The van der Waals surface area contributed by atoms with Gasteiger partial charge in [-0.3, -0.25) is 0 Å². The summed E-state index contributed by atoms with van der Waals surface area (Å²) in [6.07, 6.45) is 3.91. The summed E-state index contributed by atoms with van der Waals surface area (Å²) in [4.78, 5) is 5.92. The van der Waals surface area contributed by atoms with Crippen LogP contribution in [0.4, 0.5) is 0 Å². The van der Waals surface area contributed by atoms with Gasteiger partial charge in [-0.2, -0.15) is 5.26 Å². The van der Waals surface area contributed by atoms with E-state index in [1.165, 1.54) is 12.8 Å². The highest BCUT2D eigenvalue weighted by molar-refractivity contribution is 7.15. The lowest BCUT2D eigenvalue weighted by atomic mass is 10.2. The van der Waals surface area contributed by atoms with E-state index in [9.17, 15) is 0 Å². The van der Waals surface area contributed by atoms with Gasteiger partial charge in [0.2, 0.25) is 0 Å². The summed E-state index contributed by atoms with van der Waals surface area (Å²) in [6, 6.07) is 10.3. The van der Waals surface area contributed by atoms with E-state index in [-0.39, 0.29) is 0 Å². The first-order chi connectivity index (χ1) is 10.3. The molecule has 1 aromatic carbocycles. The molecule has 3 nitrogen and oxygen atoms in total. The Kier molecular flexibility index (Phi) is 4.21. The molecule has 4 heteroatoms. The highest BCUT2D eigenvalue weighted by Crippen LogP contribution is 2.44. The van der Waals surface area contributed by atoms with Gasteiger partial charge in [-0.05, 0) is 43.5 Å². The van der Waals surface area contributed by atoms with Gasteiger partial charge >= 0.3 is 0 Å². The van der Waals surface area contributed by atoms with Gasteiger partial charge in [0.05, 0.1) is 24.8 Å². The second-order valence-electron chi connectivity index (χ2n) is 5.31. The van der Waals surface area contributed by atoms with Gasteiger partial charge in [-0.1, -0.05) is 6.92 Å². The van der Waals surface area contributed by atoms with Crippen LogP contribution in [0, 0.1) is 11.3 Å². The first kappa shape index (κ1) is 14.1. The molecule has 0 aliphatic heterocycles. The Morgan fingerprint density at radius 1 is 1.33 bits per heavy atom. The van der Waals surface area contributed by atoms with Crippen LogP contribution in [0.1, 0.15) is 42.7 Å². The molecule has 1 heterocycles. The maximum Gasteiger partial charge on any atom is 0.123 e. The van der Waals surface area contributed by atoms with Crippen LogP contribution in [0.15, 0.2) is 24.3 Å². The smallest absolute Gasteiger partial charge is 0.123 e. The number of hydrogen-bond acceptors (Lipinski definition) is 4. The second-order valence-corrected chi connectivity index (χ2v) is 6.39. The van der Waals surface area contributed by atoms with E-state index in [0.717, 1.165) is 39.9 Å². The normalized spacial score (nSPS) is 13.9. The molecule has 0 amide bonds. The maximum absolute atomic E-state index is 8.96. The van der Waals surface area contributed by atoms with Crippen molar-refractivity contribution < 1.29 is 4.74 Å². The minimum atomic E-state index is 0.473. The number of hydrogen-bond donors (Lipinski definition) is 0. The monoisotopic (exact) mass is 298 g/mol. The van der Waals surface area contributed by atoms with Crippen LogP contribution in [-0.2, 0) is 6.42 Å². The van der Waals surface area contributed by atoms with E-state index in [0.29, 0.717) is 12.3 Å². The SMILES string of the molecule is CCCOc1ccc(-c2nc(C3CC3)c(CC#N)s2)cc1. The highest BCUT2D eigenvalue weighted by atomic mass is 32.1. The van der Waals surface area contributed by atoms with Gasteiger partial charge < -0.3 is 4.74 Å². The molecule has 0 bridgehead atoms. The Morgan fingerprint density at radius 3 is 2.71 bits per heavy atom. The molecule has 3 rings (SSSR count). The molecule has 2 aromatic rings. The number of thiazole rings is 1. The Balaban J connectivity index is 1.83. The lowest BCUT2D eigenvalue weighted by Gasteiger charge is -2.04. The Hall–Kier alpha value is -1.86. The first-order valence-corrected chi connectivity index (χ1v) is 8.23. The van der Waals surface area contributed by atoms with Gasteiger partial charge in [0.25, 0.3) is 0 Å². The third-order valence-electron chi connectivity index (χ3n) is 3.51. The second kappa shape index (κ2) is 6.28. The van der Waals surface area contributed by atoms with Crippen LogP contribution < -0.4 is 4.74 Å².